The van der Waals surface area contributed by atoms with Crippen molar-refractivity contribution in [2.24, 2.45) is 5.92 Å². The molecular weight excluding hydrogens is 314 g/mol. The molecule has 1 aliphatic heterocycles. The fourth-order valence-corrected chi connectivity index (χ4v) is 3.54. The second-order valence-corrected chi connectivity index (χ2v) is 6.90. The van der Waals surface area contributed by atoms with E-state index in [4.69, 9.17) is 4.74 Å². The summed E-state index contributed by atoms with van der Waals surface area (Å²) in [7, 11) is 1.75. The van der Waals surface area contributed by atoms with Crippen molar-refractivity contribution in [2.75, 3.05) is 39.9 Å². The van der Waals surface area contributed by atoms with Crippen LogP contribution in [0.4, 0.5) is 0 Å². The number of piperidine rings is 1. The summed E-state index contributed by atoms with van der Waals surface area (Å²) in [4.78, 5) is 14.6. The molecule has 2 heterocycles. The zero-order chi connectivity index (χ0) is 17.5. The Kier molecular flexibility index (Phi) is 6.48. The highest BCUT2D eigenvalue weighted by atomic mass is 16.5. The van der Waals surface area contributed by atoms with Gasteiger partial charge in [-0.15, -0.1) is 0 Å². The monoisotopic (exact) mass is 343 g/mol. The molecule has 1 aromatic carbocycles. The maximum atomic E-state index is 12.2. The van der Waals surface area contributed by atoms with Crippen LogP contribution in [0, 0.1) is 5.92 Å². The lowest BCUT2D eigenvalue weighted by molar-refractivity contribution is -0.121. The molecule has 0 unspecified atom stereocenters. The first kappa shape index (κ1) is 18.0. The lowest BCUT2D eigenvalue weighted by Gasteiger charge is -2.31. The molecule has 3 rings (SSSR count). The van der Waals surface area contributed by atoms with E-state index in [1.54, 1.807) is 7.11 Å². The van der Waals surface area contributed by atoms with Gasteiger partial charge in [-0.2, -0.15) is 0 Å². The number of nitrogens with one attached hydrogen (secondary N) is 1. The van der Waals surface area contributed by atoms with Gasteiger partial charge in [0.05, 0.1) is 6.61 Å². The second kappa shape index (κ2) is 9.02. The summed E-state index contributed by atoms with van der Waals surface area (Å²) in [5.74, 6) is 0.759. The molecular formula is C20H29N3O2. The minimum atomic E-state index is 0.152. The number of amides is 1. The largest absolute Gasteiger partial charge is 0.383 e. The highest BCUT2D eigenvalue weighted by Crippen LogP contribution is 2.17. The van der Waals surface area contributed by atoms with E-state index < -0.39 is 0 Å². The summed E-state index contributed by atoms with van der Waals surface area (Å²) in [6, 6.07) is 10.4. The Morgan fingerprint density at radius 1 is 1.20 bits per heavy atom. The van der Waals surface area contributed by atoms with Crippen molar-refractivity contribution in [3.8, 4) is 0 Å². The van der Waals surface area contributed by atoms with E-state index >= 15 is 0 Å². The van der Waals surface area contributed by atoms with E-state index in [-0.39, 0.29) is 5.91 Å². The predicted molar refractivity (Wildman–Crippen MR) is 101 cm³/mol. The summed E-state index contributed by atoms with van der Waals surface area (Å²) in [5.41, 5.74) is 1.19. The van der Waals surface area contributed by atoms with Gasteiger partial charge >= 0.3 is 0 Å². The van der Waals surface area contributed by atoms with Crippen LogP contribution in [0.2, 0.25) is 0 Å². The van der Waals surface area contributed by atoms with E-state index in [0.29, 0.717) is 12.3 Å². The van der Waals surface area contributed by atoms with Gasteiger partial charge in [0.25, 0.3) is 0 Å². The van der Waals surface area contributed by atoms with Gasteiger partial charge in [-0.3, -0.25) is 4.79 Å². The minimum absolute atomic E-state index is 0.152. The number of aromatic nitrogens is 1. The van der Waals surface area contributed by atoms with Gasteiger partial charge < -0.3 is 19.5 Å². The highest BCUT2D eigenvalue weighted by molar-refractivity contribution is 5.80. The second-order valence-electron chi connectivity index (χ2n) is 6.90. The van der Waals surface area contributed by atoms with Crippen molar-refractivity contribution >= 4 is 16.8 Å². The van der Waals surface area contributed by atoms with Gasteiger partial charge in [-0.25, -0.2) is 0 Å². The molecule has 0 bridgehead atoms. The lowest BCUT2D eigenvalue weighted by atomic mass is 9.97. The number of rotatable bonds is 8. The minimum Gasteiger partial charge on any atom is -0.383 e. The zero-order valence-corrected chi connectivity index (χ0v) is 15.1. The quantitative estimate of drug-likeness (QED) is 0.801. The molecule has 0 atom stereocenters. The van der Waals surface area contributed by atoms with Crippen LogP contribution in [-0.2, 0) is 16.1 Å². The molecule has 136 valence electrons. The first-order valence-electron chi connectivity index (χ1n) is 9.28. The molecule has 1 aromatic heterocycles. The average Bonchev–Trinajstić information content (AvgIpc) is 3.07. The molecule has 0 radical (unpaired) electrons. The van der Waals surface area contributed by atoms with E-state index in [0.717, 1.165) is 52.2 Å². The first-order chi connectivity index (χ1) is 12.3. The summed E-state index contributed by atoms with van der Waals surface area (Å²) in [5, 5.41) is 4.35. The van der Waals surface area contributed by atoms with E-state index in [9.17, 15) is 4.79 Å². The molecule has 1 fully saturated rings. The van der Waals surface area contributed by atoms with Crippen molar-refractivity contribution in [3.05, 3.63) is 36.5 Å². The van der Waals surface area contributed by atoms with Crippen LogP contribution in [0.25, 0.3) is 10.9 Å². The molecule has 5 nitrogen and oxygen atoms in total. The van der Waals surface area contributed by atoms with Gasteiger partial charge in [-0.05, 0) is 49.4 Å². The van der Waals surface area contributed by atoms with Crippen LogP contribution in [0.3, 0.4) is 0 Å². The fourth-order valence-electron chi connectivity index (χ4n) is 3.54. The topological polar surface area (TPSA) is 46.5 Å². The highest BCUT2D eigenvalue weighted by Gasteiger charge is 2.19. The third-order valence-electron chi connectivity index (χ3n) is 5.17. The summed E-state index contributed by atoms with van der Waals surface area (Å²) in [6.07, 6.45) is 4.91. The molecule has 1 N–H and O–H groups in total. The predicted octanol–water partition coefficient (Wildman–Crippen LogP) is 2.51. The SMILES string of the molecule is COCCN1CCC(CNC(=O)CCn2ccc3ccccc32)CC1. The Balaban J connectivity index is 1.36. The normalized spacial score (nSPS) is 16.4. The van der Waals surface area contributed by atoms with E-state index in [2.05, 4.69) is 39.2 Å². The Labute approximate surface area is 149 Å². The van der Waals surface area contributed by atoms with Crippen molar-refractivity contribution in [1.29, 1.82) is 0 Å². The third kappa shape index (κ3) is 5.06. The maximum Gasteiger partial charge on any atom is 0.221 e. The Bertz CT molecular complexity index is 674. The van der Waals surface area contributed by atoms with Gasteiger partial charge in [0, 0.05) is 44.9 Å². The molecule has 25 heavy (non-hydrogen) atoms. The van der Waals surface area contributed by atoms with Crippen LogP contribution in [0.1, 0.15) is 19.3 Å². The maximum absolute atomic E-state index is 12.2. The van der Waals surface area contributed by atoms with Crippen LogP contribution in [0.5, 0.6) is 0 Å². The van der Waals surface area contributed by atoms with Crippen molar-refractivity contribution in [1.82, 2.24) is 14.8 Å². The van der Waals surface area contributed by atoms with Gasteiger partial charge in [0.15, 0.2) is 0 Å². The number of benzene rings is 1. The number of fused-ring (bicyclic) bond motifs is 1. The molecule has 1 amide bonds. The van der Waals surface area contributed by atoms with Crippen LogP contribution in [-0.4, -0.2) is 55.3 Å². The van der Waals surface area contributed by atoms with Gasteiger partial charge in [-0.1, -0.05) is 18.2 Å². The van der Waals surface area contributed by atoms with Crippen molar-refractivity contribution in [2.45, 2.75) is 25.8 Å². The van der Waals surface area contributed by atoms with Crippen molar-refractivity contribution < 1.29 is 9.53 Å². The number of hydrogen-bond acceptors (Lipinski definition) is 3. The number of ether oxygens (including phenoxy) is 1. The zero-order valence-electron chi connectivity index (χ0n) is 15.1. The molecule has 0 spiro atoms. The van der Waals surface area contributed by atoms with Crippen LogP contribution >= 0.6 is 0 Å². The number of aryl methyl sites for hydroxylation is 1. The number of likely N-dealkylation sites (tertiary alicyclic amines) is 1. The third-order valence-corrected chi connectivity index (χ3v) is 5.17. The molecule has 1 saturated heterocycles. The smallest absolute Gasteiger partial charge is 0.221 e. The Hall–Kier alpha value is -1.85. The molecule has 5 heteroatoms. The van der Waals surface area contributed by atoms with Crippen molar-refractivity contribution in [3.63, 3.8) is 0 Å². The first-order valence-corrected chi connectivity index (χ1v) is 9.28. The Morgan fingerprint density at radius 2 is 2.00 bits per heavy atom. The molecule has 1 aliphatic rings. The number of hydrogen-bond donors (Lipinski definition) is 1. The molecule has 0 saturated carbocycles. The standard InChI is InChI=1S/C20H29N3O2/c1-25-15-14-22-10-6-17(7-11-22)16-21-20(24)9-13-23-12-8-18-4-2-3-5-19(18)23/h2-5,8,12,17H,6-7,9-11,13-16H2,1H3,(H,21,24). The number of carbonyl (C=O) groups excluding carboxylic acids is 1. The number of carbonyl (C=O) groups is 1. The lowest BCUT2D eigenvalue weighted by Crippen LogP contribution is -2.39. The summed E-state index contributed by atoms with van der Waals surface area (Å²) < 4.78 is 7.29. The van der Waals surface area contributed by atoms with Crippen LogP contribution in [0.15, 0.2) is 36.5 Å². The average molecular weight is 343 g/mol. The van der Waals surface area contributed by atoms with E-state index in [1.807, 2.05) is 12.1 Å². The number of nitrogens with zero attached hydrogens (tertiary/aromatic N) is 2. The number of methoxy groups -OCH3 is 1. The summed E-state index contributed by atoms with van der Waals surface area (Å²) >= 11 is 0. The van der Waals surface area contributed by atoms with E-state index in [1.165, 1.54) is 10.9 Å². The number of para-hydroxylation sites is 1. The summed E-state index contributed by atoms with van der Waals surface area (Å²) in [6.45, 7) is 5.58. The Morgan fingerprint density at radius 3 is 2.80 bits per heavy atom. The van der Waals surface area contributed by atoms with Crippen LogP contribution < -0.4 is 5.32 Å². The molecule has 0 aliphatic carbocycles. The fraction of sp³-hybridized carbons (Fsp3) is 0.550. The van der Waals surface area contributed by atoms with Gasteiger partial charge in [0.2, 0.25) is 5.91 Å². The molecule has 2 aromatic rings. The van der Waals surface area contributed by atoms with Gasteiger partial charge in [0.1, 0.15) is 0 Å².